The van der Waals surface area contributed by atoms with E-state index in [1.165, 1.54) is 5.56 Å². The number of nitrogens with one attached hydrogen (secondary N) is 1. The van der Waals surface area contributed by atoms with Crippen molar-refractivity contribution in [3.63, 3.8) is 0 Å². The fourth-order valence-electron chi connectivity index (χ4n) is 1.83. The summed E-state index contributed by atoms with van der Waals surface area (Å²) in [5, 5.41) is 3.29. The Kier molecular flexibility index (Phi) is 3.10. The van der Waals surface area contributed by atoms with Gasteiger partial charge in [-0.05, 0) is 31.2 Å². The summed E-state index contributed by atoms with van der Waals surface area (Å²) in [7, 11) is 0. The Morgan fingerprint density at radius 1 is 1.44 bits per heavy atom. The van der Waals surface area contributed by atoms with Gasteiger partial charge in [-0.25, -0.2) is 0 Å². The summed E-state index contributed by atoms with van der Waals surface area (Å²) in [6, 6.07) is 8.03. The first-order chi connectivity index (χ1) is 7.62. The first kappa shape index (κ1) is 11.3. The number of rotatable bonds is 3. The molecule has 4 heteroatoms. The molecule has 2 rings (SSSR count). The first-order valence-electron chi connectivity index (χ1n) is 5.35. The number of hydrogen-bond donors (Lipinski definition) is 2. The highest BCUT2D eigenvalue weighted by Gasteiger charge is 2.40. The highest BCUT2D eigenvalue weighted by molar-refractivity contribution is 7.99. The average molecular weight is 236 g/mol. The van der Waals surface area contributed by atoms with Crippen molar-refractivity contribution in [1.82, 2.24) is 0 Å². The maximum Gasteiger partial charge on any atom is 0.243 e. The van der Waals surface area contributed by atoms with Crippen molar-refractivity contribution in [1.29, 1.82) is 0 Å². The molecule has 0 radical (unpaired) electrons. The number of nitrogens with two attached hydrogens (primary N) is 1. The van der Waals surface area contributed by atoms with Crippen LogP contribution in [0.4, 0.5) is 5.69 Å². The molecule has 1 saturated heterocycles. The van der Waals surface area contributed by atoms with Crippen molar-refractivity contribution in [2.75, 3.05) is 16.8 Å². The molecule has 1 amide bonds. The van der Waals surface area contributed by atoms with Crippen LogP contribution < -0.4 is 11.1 Å². The lowest BCUT2D eigenvalue weighted by molar-refractivity contribution is -0.121. The third kappa shape index (κ3) is 2.16. The normalized spacial score (nSPS) is 24.3. The van der Waals surface area contributed by atoms with Crippen LogP contribution >= 0.6 is 11.8 Å². The minimum absolute atomic E-state index is 0.252. The van der Waals surface area contributed by atoms with Crippen LogP contribution in [0.1, 0.15) is 12.0 Å². The number of hydrogen-bond acceptors (Lipinski definition) is 3. The number of anilines is 1. The van der Waals surface area contributed by atoms with Crippen molar-refractivity contribution in [2.24, 2.45) is 5.73 Å². The molecule has 86 valence electrons. The van der Waals surface area contributed by atoms with Crippen LogP contribution in [-0.4, -0.2) is 23.0 Å². The van der Waals surface area contributed by atoms with Gasteiger partial charge in [-0.3, -0.25) is 4.79 Å². The summed E-state index contributed by atoms with van der Waals surface area (Å²) in [6.45, 7) is 2.04. The lowest BCUT2D eigenvalue weighted by atomic mass is 9.97. The lowest BCUT2D eigenvalue weighted by Crippen LogP contribution is -2.50. The third-order valence-corrected chi connectivity index (χ3v) is 4.12. The topological polar surface area (TPSA) is 55.1 Å². The molecule has 0 aromatic heterocycles. The zero-order valence-corrected chi connectivity index (χ0v) is 10.1. The molecule has 1 heterocycles. The fraction of sp³-hybridized carbons (Fsp3) is 0.417. The van der Waals surface area contributed by atoms with E-state index >= 15 is 0 Å². The van der Waals surface area contributed by atoms with Crippen molar-refractivity contribution in [3.8, 4) is 0 Å². The van der Waals surface area contributed by atoms with Gasteiger partial charge in [-0.2, -0.15) is 11.8 Å². The zero-order valence-electron chi connectivity index (χ0n) is 9.32. The van der Waals surface area contributed by atoms with E-state index in [0.29, 0.717) is 0 Å². The van der Waals surface area contributed by atoms with E-state index in [1.54, 1.807) is 11.8 Å². The van der Waals surface area contributed by atoms with E-state index in [-0.39, 0.29) is 5.91 Å². The van der Waals surface area contributed by atoms with Gasteiger partial charge in [0, 0.05) is 11.4 Å². The zero-order chi connectivity index (χ0) is 11.6. The summed E-state index contributed by atoms with van der Waals surface area (Å²) in [4.78, 5) is 11.5. The quantitative estimate of drug-likeness (QED) is 0.841. The Labute approximate surface area is 99.8 Å². The Bertz CT molecular complexity index is 383. The minimum Gasteiger partial charge on any atom is -0.371 e. The smallest absolute Gasteiger partial charge is 0.243 e. The molecule has 1 atom stereocenters. The van der Waals surface area contributed by atoms with E-state index in [9.17, 15) is 4.79 Å². The van der Waals surface area contributed by atoms with Gasteiger partial charge in [-0.1, -0.05) is 17.7 Å². The molecule has 3 nitrogen and oxygen atoms in total. The number of carbonyl (C=O) groups is 1. The van der Waals surface area contributed by atoms with Gasteiger partial charge < -0.3 is 11.1 Å². The van der Waals surface area contributed by atoms with Gasteiger partial charge in [-0.15, -0.1) is 0 Å². The van der Waals surface area contributed by atoms with Crippen LogP contribution in [0.2, 0.25) is 0 Å². The van der Waals surface area contributed by atoms with E-state index in [1.807, 2.05) is 31.2 Å². The second-order valence-electron chi connectivity index (χ2n) is 4.24. The van der Waals surface area contributed by atoms with Crippen molar-refractivity contribution in [2.45, 2.75) is 18.9 Å². The predicted molar refractivity (Wildman–Crippen MR) is 68.7 cm³/mol. The second-order valence-corrected chi connectivity index (χ2v) is 5.35. The molecule has 0 saturated carbocycles. The van der Waals surface area contributed by atoms with Crippen LogP contribution in [0, 0.1) is 6.92 Å². The molecular formula is C12H16N2OS. The Hall–Kier alpha value is -1.16. The van der Waals surface area contributed by atoms with Crippen LogP contribution in [0.25, 0.3) is 0 Å². The molecule has 1 aromatic carbocycles. The second kappa shape index (κ2) is 4.37. The molecule has 1 unspecified atom stereocenters. The summed E-state index contributed by atoms with van der Waals surface area (Å²) in [6.07, 6.45) is 0.806. The van der Waals surface area contributed by atoms with Crippen LogP contribution in [-0.2, 0) is 4.79 Å². The van der Waals surface area contributed by atoms with E-state index in [4.69, 9.17) is 5.73 Å². The lowest BCUT2D eigenvalue weighted by Gasteiger charge is -2.27. The number of amides is 1. The summed E-state index contributed by atoms with van der Waals surface area (Å²) in [5.74, 6) is 1.50. The molecule has 16 heavy (non-hydrogen) atoms. The van der Waals surface area contributed by atoms with Crippen molar-refractivity contribution in [3.05, 3.63) is 29.8 Å². The molecule has 0 spiro atoms. The maximum atomic E-state index is 11.5. The number of benzene rings is 1. The van der Waals surface area contributed by atoms with E-state index < -0.39 is 5.54 Å². The molecular weight excluding hydrogens is 220 g/mol. The minimum atomic E-state index is -0.556. The van der Waals surface area contributed by atoms with E-state index in [2.05, 4.69) is 5.32 Å². The first-order valence-corrected chi connectivity index (χ1v) is 6.50. The van der Waals surface area contributed by atoms with Crippen LogP contribution in [0.15, 0.2) is 24.3 Å². The largest absolute Gasteiger partial charge is 0.371 e. The van der Waals surface area contributed by atoms with Crippen molar-refractivity contribution >= 4 is 23.4 Å². The highest BCUT2D eigenvalue weighted by atomic mass is 32.2. The monoisotopic (exact) mass is 236 g/mol. The summed E-state index contributed by atoms with van der Waals surface area (Å²) < 4.78 is 0. The summed E-state index contributed by atoms with van der Waals surface area (Å²) >= 11 is 1.77. The van der Waals surface area contributed by atoms with Gasteiger partial charge in [0.05, 0.1) is 0 Å². The maximum absolute atomic E-state index is 11.5. The van der Waals surface area contributed by atoms with Crippen LogP contribution in [0.3, 0.4) is 0 Å². The highest BCUT2D eigenvalue weighted by Crippen LogP contribution is 2.31. The van der Waals surface area contributed by atoms with Gasteiger partial charge in [0.2, 0.25) is 5.91 Å². The fourth-order valence-corrected chi connectivity index (χ4v) is 3.18. The number of primary amides is 1. The van der Waals surface area contributed by atoms with Crippen molar-refractivity contribution < 1.29 is 4.79 Å². The number of carbonyl (C=O) groups excluding carboxylic acids is 1. The average Bonchev–Trinajstić information content (AvgIpc) is 2.71. The molecule has 1 aromatic rings. The number of thioether (sulfide) groups is 1. The third-order valence-electron chi connectivity index (χ3n) is 2.93. The Balaban J connectivity index is 2.18. The van der Waals surface area contributed by atoms with Gasteiger partial charge in [0.15, 0.2) is 0 Å². The molecule has 1 aliphatic heterocycles. The predicted octanol–water partition coefficient (Wildman–Crippen LogP) is 1.77. The van der Waals surface area contributed by atoms with Gasteiger partial charge in [0.25, 0.3) is 0 Å². The Morgan fingerprint density at radius 2 is 2.12 bits per heavy atom. The van der Waals surface area contributed by atoms with Crippen LogP contribution in [0.5, 0.6) is 0 Å². The molecule has 0 aliphatic carbocycles. The van der Waals surface area contributed by atoms with Gasteiger partial charge in [0.1, 0.15) is 5.54 Å². The molecule has 1 fully saturated rings. The molecule has 1 aliphatic rings. The summed E-state index contributed by atoms with van der Waals surface area (Å²) in [5.41, 5.74) is 7.11. The standard InChI is InChI=1S/C12H16N2OS/c1-9-2-4-10(5-3-9)14-12(11(13)15)6-7-16-8-12/h2-5,14H,6-8H2,1H3,(H2,13,15). The molecule has 3 N–H and O–H groups in total. The molecule has 0 bridgehead atoms. The van der Waals surface area contributed by atoms with E-state index in [0.717, 1.165) is 23.6 Å². The van der Waals surface area contributed by atoms with Gasteiger partial charge >= 0.3 is 0 Å². The number of aryl methyl sites for hydroxylation is 1. The SMILES string of the molecule is Cc1ccc(NC2(C(N)=O)CCSC2)cc1. The Morgan fingerprint density at radius 3 is 2.62 bits per heavy atom.